The van der Waals surface area contributed by atoms with Crippen molar-refractivity contribution in [2.24, 2.45) is 11.8 Å². The van der Waals surface area contributed by atoms with Gasteiger partial charge in [0, 0.05) is 43.9 Å². The van der Waals surface area contributed by atoms with Gasteiger partial charge in [-0.25, -0.2) is 9.78 Å². The predicted molar refractivity (Wildman–Crippen MR) is 176 cm³/mol. The van der Waals surface area contributed by atoms with E-state index in [0.29, 0.717) is 25.4 Å². The largest absolute Gasteiger partial charge is 0.460 e. The molecule has 2 amide bonds. The van der Waals surface area contributed by atoms with Gasteiger partial charge in [-0.2, -0.15) is 0 Å². The second-order valence-corrected chi connectivity index (χ2v) is 13.4. The predicted octanol–water partition coefficient (Wildman–Crippen LogP) is 2.54. The summed E-state index contributed by atoms with van der Waals surface area (Å²) in [4.78, 5) is 62.9. The summed E-state index contributed by atoms with van der Waals surface area (Å²) in [6.45, 7) is 9.08. The van der Waals surface area contributed by atoms with Crippen LogP contribution in [0.15, 0.2) is 46.6 Å². The molecule has 0 aromatic carbocycles. The van der Waals surface area contributed by atoms with Gasteiger partial charge in [0.1, 0.15) is 24.2 Å². The molecular weight excluding hydrogens is 602 g/mol. The van der Waals surface area contributed by atoms with Crippen LogP contribution in [0.3, 0.4) is 0 Å². The third-order valence-electron chi connectivity index (χ3n) is 9.29. The van der Waals surface area contributed by atoms with Crippen molar-refractivity contribution in [3.05, 3.63) is 53.8 Å². The van der Waals surface area contributed by atoms with Crippen LogP contribution in [-0.2, 0) is 25.5 Å². The van der Waals surface area contributed by atoms with Gasteiger partial charge < -0.3 is 34.3 Å². The minimum atomic E-state index is -1.01. The number of aliphatic hydroxyl groups is 1. The number of allylic oxidation sites excluding steroid dienone is 2. The Labute approximate surface area is 277 Å². The number of likely N-dealkylation sites (tertiary alicyclic amines) is 1. The zero-order valence-corrected chi connectivity index (χ0v) is 28.4. The molecule has 3 aliphatic heterocycles. The highest BCUT2D eigenvalue weighted by Crippen LogP contribution is 2.27. The summed E-state index contributed by atoms with van der Waals surface area (Å²) >= 11 is 0. The lowest BCUT2D eigenvalue weighted by Gasteiger charge is -2.38. The number of fused-ring (bicyclic) bond motifs is 3. The number of esters is 1. The number of nitrogens with one attached hydrogen (secondary N) is 1. The van der Waals surface area contributed by atoms with Gasteiger partial charge in [0.15, 0.2) is 5.69 Å². The summed E-state index contributed by atoms with van der Waals surface area (Å²) < 4.78 is 11.7. The molecule has 5 unspecified atom stereocenters. The Kier molecular flexibility index (Phi) is 13.1. The van der Waals surface area contributed by atoms with Crippen molar-refractivity contribution in [3.63, 3.8) is 0 Å². The molecule has 4 rings (SSSR count). The lowest BCUT2D eigenvalue weighted by atomic mass is 9.91. The minimum Gasteiger partial charge on any atom is -0.460 e. The Bertz CT molecular complexity index is 1340. The molecule has 47 heavy (non-hydrogen) atoms. The van der Waals surface area contributed by atoms with Crippen molar-refractivity contribution >= 4 is 23.6 Å². The second kappa shape index (κ2) is 17.0. The molecule has 0 saturated carbocycles. The van der Waals surface area contributed by atoms with E-state index in [-0.39, 0.29) is 54.5 Å². The first kappa shape index (κ1) is 36.2. The van der Waals surface area contributed by atoms with Gasteiger partial charge in [0.2, 0.25) is 11.8 Å². The van der Waals surface area contributed by atoms with Crippen LogP contribution in [-0.4, -0.2) is 119 Å². The summed E-state index contributed by atoms with van der Waals surface area (Å²) in [5.41, 5.74) is 0.747. The number of aliphatic hydroxyl groups excluding tert-OH is 1. The second-order valence-electron chi connectivity index (χ2n) is 13.4. The maximum absolute atomic E-state index is 13.8. The van der Waals surface area contributed by atoms with Gasteiger partial charge in [0.05, 0.1) is 12.5 Å². The number of ether oxygens (including phenoxy) is 1. The standard InChI is InChI=1S/C35H51N5O7/c1-23-8-6-14-36-31(43)11-10-24(2)33(25(3)21-39-16-12-26(13-17-39)38(4)5)47-35(45)30-9-7-15-40(30)34(44)29-22-46-32(37-29)20-28(42)19-27(41)18-23/h6,8,10-11,18,22,24-27,30,33,41H,7,9,12-17,19-21H2,1-5H3,(H,36,43)/b8-6?,11-10+,23-18?. The molecule has 12 nitrogen and oxygen atoms in total. The molecule has 0 spiro atoms. The molecule has 0 aliphatic carbocycles. The number of nitrogens with zero attached hydrogens (tertiary/aromatic N) is 4. The first-order valence-electron chi connectivity index (χ1n) is 16.8. The molecule has 3 aliphatic rings. The molecular formula is C35H51N5O7. The van der Waals surface area contributed by atoms with Gasteiger partial charge in [-0.05, 0) is 65.9 Å². The van der Waals surface area contributed by atoms with Crippen LogP contribution in [0.2, 0.25) is 0 Å². The number of oxazole rings is 1. The first-order valence-corrected chi connectivity index (χ1v) is 16.8. The Morgan fingerprint density at radius 2 is 1.85 bits per heavy atom. The number of aromatic nitrogens is 1. The molecule has 1 aromatic heterocycles. The smallest absolute Gasteiger partial charge is 0.329 e. The topological polar surface area (TPSA) is 146 Å². The summed E-state index contributed by atoms with van der Waals surface area (Å²) in [6.07, 6.45) is 10.9. The Morgan fingerprint density at radius 1 is 1.11 bits per heavy atom. The number of hydrogen-bond donors (Lipinski definition) is 2. The van der Waals surface area contributed by atoms with E-state index in [1.807, 2.05) is 6.92 Å². The lowest BCUT2D eigenvalue weighted by molar-refractivity contribution is -0.158. The number of amides is 2. The monoisotopic (exact) mass is 653 g/mol. The van der Waals surface area contributed by atoms with Crippen LogP contribution in [0.25, 0.3) is 0 Å². The molecule has 2 N–H and O–H groups in total. The quantitative estimate of drug-likeness (QED) is 0.465. The Hall–Kier alpha value is -3.61. The van der Waals surface area contributed by atoms with E-state index in [0.717, 1.165) is 38.0 Å². The van der Waals surface area contributed by atoms with Crippen molar-refractivity contribution in [1.82, 2.24) is 25.0 Å². The summed E-state index contributed by atoms with van der Waals surface area (Å²) in [6, 6.07) is -0.232. The number of ketones is 1. The van der Waals surface area contributed by atoms with Gasteiger partial charge in [0.25, 0.3) is 5.91 Å². The number of rotatable bonds is 4. The summed E-state index contributed by atoms with van der Waals surface area (Å²) in [5, 5.41) is 13.2. The zero-order chi connectivity index (χ0) is 34.1. The third-order valence-corrected chi connectivity index (χ3v) is 9.29. The van der Waals surface area contributed by atoms with E-state index in [4.69, 9.17) is 9.15 Å². The van der Waals surface area contributed by atoms with E-state index in [1.165, 1.54) is 17.2 Å². The average molecular weight is 654 g/mol. The SMILES string of the molecule is CC1=CC(O)CC(=O)Cc2nc(co2)C(=O)N2CCCC2C(=O)OC(C(C)CN2CCC(N(C)C)CC2)C(C)/C=C/C(=O)NCC=C1. The first-order chi connectivity index (χ1) is 22.4. The molecule has 2 saturated heterocycles. The van der Waals surface area contributed by atoms with E-state index in [1.54, 1.807) is 31.2 Å². The van der Waals surface area contributed by atoms with E-state index in [2.05, 4.69) is 41.1 Å². The Morgan fingerprint density at radius 3 is 2.57 bits per heavy atom. The van der Waals surface area contributed by atoms with Crippen molar-refractivity contribution < 1.29 is 33.4 Å². The molecule has 2 fully saturated rings. The number of cyclic esters (lactones) is 1. The van der Waals surface area contributed by atoms with Crippen molar-refractivity contribution in [2.45, 2.75) is 83.6 Å². The summed E-state index contributed by atoms with van der Waals surface area (Å²) in [5.74, 6) is -1.78. The molecule has 258 valence electrons. The van der Waals surface area contributed by atoms with E-state index >= 15 is 0 Å². The zero-order valence-electron chi connectivity index (χ0n) is 28.4. The van der Waals surface area contributed by atoms with Crippen LogP contribution in [0.4, 0.5) is 0 Å². The summed E-state index contributed by atoms with van der Waals surface area (Å²) in [7, 11) is 4.22. The highest BCUT2D eigenvalue weighted by atomic mass is 16.5. The minimum absolute atomic E-state index is 0.0145. The fraction of sp³-hybridized carbons (Fsp3) is 0.629. The number of hydrogen-bond acceptors (Lipinski definition) is 10. The number of Topliss-reactive ketones (excluding diaryl/α,β-unsaturated/α-hetero) is 1. The molecule has 0 radical (unpaired) electrons. The third kappa shape index (κ3) is 10.4. The fourth-order valence-electron chi connectivity index (χ4n) is 6.68. The maximum atomic E-state index is 13.8. The van der Waals surface area contributed by atoms with Crippen LogP contribution in [0.1, 0.15) is 69.3 Å². The number of piperidine rings is 1. The molecule has 4 heterocycles. The van der Waals surface area contributed by atoms with E-state index < -0.39 is 30.1 Å². The van der Waals surface area contributed by atoms with Crippen LogP contribution >= 0.6 is 0 Å². The van der Waals surface area contributed by atoms with Crippen molar-refractivity contribution in [1.29, 1.82) is 0 Å². The normalized spacial score (nSPS) is 28.1. The molecule has 12 heteroatoms. The van der Waals surface area contributed by atoms with Gasteiger partial charge >= 0.3 is 5.97 Å². The highest BCUT2D eigenvalue weighted by molar-refractivity contribution is 5.95. The molecule has 1 aromatic rings. The molecule has 2 bridgehead atoms. The van der Waals surface area contributed by atoms with Gasteiger partial charge in [-0.15, -0.1) is 0 Å². The van der Waals surface area contributed by atoms with Gasteiger partial charge in [-0.1, -0.05) is 43.7 Å². The van der Waals surface area contributed by atoms with Crippen molar-refractivity contribution in [3.8, 4) is 0 Å². The fourth-order valence-corrected chi connectivity index (χ4v) is 6.68. The maximum Gasteiger partial charge on any atom is 0.329 e. The number of carbonyl (C=O) groups is 4. The van der Waals surface area contributed by atoms with Crippen LogP contribution in [0, 0.1) is 11.8 Å². The van der Waals surface area contributed by atoms with Crippen LogP contribution in [0.5, 0.6) is 0 Å². The molecule has 5 atom stereocenters. The average Bonchev–Trinajstić information content (AvgIpc) is 3.70. The van der Waals surface area contributed by atoms with E-state index in [9.17, 15) is 24.3 Å². The highest BCUT2D eigenvalue weighted by Gasteiger charge is 2.39. The van der Waals surface area contributed by atoms with Crippen LogP contribution < -0.4 is 5.32 Å². The van der Waals surface area contributed by atoms with Crippen molar-refractivity contribution in [2.75, 3.05) is 46.8 Å². The lowest BCUT2D eigenvalue weighted by Crippen LogP contribution is -2.47. The number of carbonyl (C=O) groups excluding carboxylic acids is 4. The van der Waals surface area contributed by atoms with Gasteiger partial charge in [-0.3, -0.25) is 14.4 Å². The Balaban J connectivity index is 1.55.